The van der Waals surface area contributed by atoms with Gasteiger partial charge in [0.25, 0.3) is 0 Å². The molecule has 0 N–H and O–H groups in total. The maximum Gasteiger partial charge on any atom is 0.240 e. The highest BCUT2D eigenvalue weighted by Gasteiger charge is 2.09. The van der Waals surface area contributed by atoms with Crippen molar-refractivity contribution in [2.24, 2.45) is 0 Å². The fraction of sp³-hybridized carbons (Fsp3) is 0.188. The molecule has 0 saturated heterocycles. The molecular weight excluding hydrogens is 282 g/mol. The topological polar surface area (TPSA) is 47.9 Å². The van der Waals surface area contributed by atoms with Gasteiger partial charge >= 0.3 is 0 Å². The van der Waals surface area contributed by atoms with Crippen LogP contribution in [0, 0.1) is 0 Å². The third-order valence-electron chi connectivity index (χ3n) is 2.75. The summed E-state index contributed by atoms with van der Waals surface area (Å²) in [5, 5.41) is 2.87. The van der Waals surface area contributed by atoms with Crippen LogP contribution in [0.25, 0.3) is 23.2 Å². The molecule has 0 fully saturated rings. The Bertz CT molecular complexity index is 766. The number of fused-ring (bicyclic) bond motifs is 1. The third-order valence-corrected chi connectivity index (χ3v) is 3.49. The Hall–Kier alpha value is -2.27. The van der Waals surface area contributed by atoms with Crippen molar-refractivity contribution in [1.29, 1.82) is 0 Å². The SMILES string of the molecule is CC(C)Oc1nc2ccccc2nc1C=Cc1nccs1. The second kappa shape index (κ2) is 6.01. The summed E-state index contributed by atoms with van der Waals surface area (Å²) in [5.74, 6) is 0.552. The summed E-state index contributed by atoms with van der Waals surface area (Å²) in [6.07, 6.45) is 5.65. The first-order valence-corrected chi connectivity index (χ1v) is 7.61. The second-order valence-corrected chi connectivity index (χ2v) is 5.70. The Morgan fingerprint density at radius 1 is 1.10 bits per heavy atom. The average Bonchev–Trinajstić information content (AvgIpc) is 2.97. The van der Waals surface area contributed by atoms with Gasteiger partial charge < -0.3 is 4.74 Å². The van der Waals surface area contributed by atoms with E-state index in [9.17, 15) is 0 Å². The predicted molar refractivity (Wildman–Crippen MR) is 86.3 cm³/mol. The molecule has 0 saturated carbocycles. The van der Waals surface area contributed by atoms with E-state index in [-0.39, 0.29) is 6.10 Å². The zero-order valence-electron chi connectivity index (χ0n) is 11.9. The fourth-order valence-electron chi connectivity index (χ4n) is 1.88. The largest absolute Gasteiger partial charge is 0.473 e. The van der Waals surface area contributed by atoms with Crippen LogP contribution in [0.1, 0.15) is 24.5 Å². The summed E-state index contributed by atoms with van der Waals surface area (Å²) in [6, 6.07) is 7.78. The molecule has 1 aromatic carbocycles. The van der Waals surface area contributed by atoms with Gasteiger partial charge in [0.2, 0.25) is 5.88 Å². The molecule has 2 heterocycles. The quantitative estimate of drug-likeness (QED) is 0.729. The first-order chi connectivity index (χ1) is 10.2. The molecule has 106 valence electrons. The van der Waals surface area contributed by atoms with Crippen molar-refractivity contribution < 1.29 is 4.74 Å². The molecule has 0 atom stereocenters. The molecule has 0 aliphatic carbocycles. The number of rotatable bonds is 4. The van der Waals surface area contributed by atoms with E-state index in [1.807, 2.05) is 55.6 Å². The monoisotopic (exact) mass is 297 g/mol. The number of benzene rings is 1. The van der Waals surface area contributed by atoms with Crippen molar-refractivity contribution in [2.75, 3.05) is 0 Å². The zero-order valence-corrected chi connectivity index (χ0v) is 12.7. The Kier molecular flexibility index (Phi) is 3.92. The molecule has 3 rings (SSSR count). The number of nitrogens with zero attached hydrogens (tertiary/aromatic N) is 3. The van der Waals surface area contributed by atoms with E-state index in [0.29, 0.717) is 5.88 Å². The zero-order chi connectivity index (χ0) is 14.7. The molecule has 3 aromatic rings. The van der Waals surface area contributed by atoms with Crippen LogP contribution in [0.2, 0.25) is 0 Å². The normalized spacial score (nSPS) is 11.6. The van der Waals surface area contributed by atoms with Gasteiger partial charge in [-0.3, -0.25) is 0 Å². The van der Waals surface area contributed by atoms with Crippen molar-refractivity contribution in [1.82, 2.24) is 15.0 Å². The molecule has 0 amide bonds. The maximum atomic E-state index is 5.78. The Morgan fingerprint density at radius 3 is 2.52 bits per heavy atom. The van der Waals surface area contributed by atoms with Gasteiger partial charge in [-0.2, -0.15) is 0 Å². The molecule has 21 heavy (non-hydrogen) atoms. The first-order valence-electron chi connectivity index (χ1n) is 6.73. The van der Waals surface area contributed by atoms with Gasteiger partial charge in [-0.15, -0.1) is 11.3 Å². The molecule has 4 nitrogen and oxygen atoms in total. The van der Waals surface area contributed by atoms with Gasteiger partial charge in [0.15, 0.2) is 0 Å². The van der Waals surface area contributed by atoms with Gasteiger partial charge in [-0.25, -0.2) is 15.0 Å². The van der Waals surface area contributed by atoms with Gasteiger partial charge in [-0.1, -0.05) is 12.1 Å². The molecule has 0 aliphatic heterocycles. The number of thiazole rings is 1. The molecular formula is C16H15N3OS. The third kappa shape index (κ3) is 3.25. The van der Waals surface area contributed by atoms with E-state index < -0.39 is 0 Å². The highest BCUT2D eigenvalue weighted by atomic mass is 32.1. The summed E-state index contributed by atoms with van der Waals surface area (Å²) < 4.78 is 5.78. The van der Waals surface area contributed by atoms with E-state index in [0.717, 1.165) is 21.7 Å². The Labute approximate surface area is 127 Å². The summed E-state index contributed by atoms with van der Waals surface area (Å²) in [7, 11) is 0. The smallest absolute Gasteiger partial charge is 0.240 e. The molecule has 0 bridgehead atoms. The van der Waals surface area contributed by atoms with E-state index >= 15 is 0 Å². The maximum absolute atomic E-state index is 5.78. The van der Waals surface area contributed by atoms with Crippen LogP contribution in [-0.4, -0.2) is 21.1 Å². The molecule has 5 heteroatoms. The molecule has 0 spiro atoms. The minimum absolute atomic E-state index is 0.0486. The van der Waals surface area contributed by atoms with Gasteiger partial charge in [0, 0.05) is 11.6 Å². The molecule has 0 radical (unpaired) electrons. The molecule has 2 aromatic heterocycles. The van der Waals surface area contributed by atoms with E-state index in [1.54, 1.807) is 17.5 Å². The van der Waals surface area contributed by atoms with Crippen LogP contribution in [0.5, 0.6) is 5.88 Å². The fourth-order valence-corrected chi connectivity index (χ4v) is 2.41. The van der Waals surface area contributed by atoms with Crippen molar-refractivity contribution in [2.45, 2.75) is 20.0 Å². The molecule has 0 unspecified atom stereocenters. The second-order valence-electron chi connectivity index (χ2n) is 4.77. The lowest BCUT2D eigenvalue weighted by atomic mass is 10.3. The summed E-state index contributed by atoms with van der Waals surface area (Å²) >= 11 is 1.58. The van der Waals surface area contributed by atoms with Crippen LogP contribution >= 0.6 is 11.3 Å². The van der Waals surface area contributed by atoms with Gasteiger partial charge in [-0.05, 0) is 38.1 Å². The number of para-hydroxylation sites is 2. The van der Waals surface area contributed by atoms with E-state index in [2.05, 4.69) is 15.0 Å². The molecule has 0 aliphatic rings. The standard InChI is InChI=1S/C16H15N3OS/c1-11(2)20-16-14(7-8-15-17-9-10-21-15)18-12-5-3-4-6-13(12)19-16/h3-11H,1-2H3. The van der Waals surface area contributed by atoms with Crippen LogP contribution in [0.15, 0.2) is 35.8 Å². The van der Waals surface area contributed by atoms with Gasteiger partial charge in [0.05, 0.1) is 17.1 Å². The van der Waals surface area contributed by atoms with Crippen molar-refractivity contribution in [3.63, 3.8) is 0 Å². The van der Waals surface area contributed by atoms with E-state index in [1.165, 1.54) is 0 Å². The lowest BCUT2D eigenvalue weighted by molar-refractivity contribution is 0.232. The summed E-state index contributed by atoms with van der Waals surface area (Å²) in [6.45, 7) is 3.95. The highest BCUT2D eigenvalue weighted by molar-refractivity contribution is 7.10. The van der Waals surface area contributed by atoms with Crippen LogP contribution in [0.3, 0.4) is 0 Å². The van der Waals surface area contributed by atoms with Crippen LogP contribution in [0.4, 0.5) is 0 Å². The number of hydrogen-bond acceptors (Lipinski definition) is 5. The minimum atomic E-state index is 0.0486. The average molecular weight is 297 g/mol. The Balaban J connectivity index is 2.05. The Morgan fingerprint density at radius 2 is 1.86 bits per heavy atom. The number of ether oxygens (including phenoxy) is 1. The number of hydrogen-bond donors (Lipinski definition) is 0. The highest BCUT2D eigenvalue weighted by Crippen LogP contribution is 2.22. The van der Waals surface area contributed by atoms with Crippen molar-refractivity contribution in [3.8, 4) is 5.88 Å². The van der Waals surface area contributed by atoms with Crippen molar-refractivity contribution in [3.05, 3.63) is 46.5 Å². The minimum Gasteiger partial charge on any atom is -0.473 e. The summed E-state index contributed by atoms with van der Waals surface area (Å²) in [4.78, 5) is 13.4. The van der Waals surface area contributed by atoms with Gasteiger partial charge in [0.1, 0.15) is 10.7 Å². The van der Waals surface area contributed by atoms with Crippen molar-refractivity contribution >= 4 is 34.5 Å². The van der Waals surface area contributed by atoms with E-state index in [4.69, 9.17) is 4.74 Å². The number of aromatic nitrogens is 3. The summed E-state index contributed by atoms with van der Waals surface area (Å²) in [5.41, 5.74) is 2.41. The lowest BCUT2D eigenvalue weighted by Crippen LogP contribution is -2.09. The lowest BCUT2D eigenvalue weighted by Gasteiger charge is -2.11. The van der Waals surface area contributed by atoms with Crippen LogP contribution < -0.4 is 4.74 Å². The van der Waals surface area contributed by atoms with Crippen LogP contribution in [-0.2, 0) is 0 Å². The predicted octanol–water partition coefficient (Wildman–Crippen LogP) is 4.04. The first kappa shape index (κ1) is 13.7.